The number of nitrogens with zero attached hydrogens (tertiary/aromatic N) is 2. The first-order valence-corrected chi connectivity index (χ1v) is 8.71. The van der Waals surface area contributed by atoms with Gasteiger partial charge in [-0.1, -0.05) is 12.1 Å². The van der Waals surface area contributed by atoms with E-state index < -0.39 is 0 Å². The van der Waals surface area contributed by atoms with Gasteiger partial charge in [0.05, 0.1) is 0 Å². The summed E-state index contributed by atoms with van der Waals surface area (Å²) >= 11 is 0. The van der Waals surface area contributed by atoms with Crippen LogP contribution >= 0.6 is 0 Å². The molecule has 3 heterocycles. The van der Waals surface area contributed by atoms with Gasteiger partial charge >= 0.3 is 0 Å². The van der Waals surface area contributed by atoms with E-state index in [0.717, 1.165) is 19.1 Å². The highest BCUT2D eigenvalue weighted by atomic mass is 15.3. The molecule has 0 spiro atoms. The molecule has 2 saturated heterocycles. The van der Waals surface area contributed by atoms with Gasteiger partial charge in [-0.2, -0.15) is 0 Å². The van der Waals surface area contributed by atoms with Crippen LogP contribution in [-0.2, 0) is 13.0 Å². The van der Waals surface area contributed by atoms with E-state index in [2.05, 4.69) is 33.3 Å². The Morgan fingerprint density at radius 2 is 2.05 bits per heavy atom. The second kappa shape index (κ2) is 5.98. The average Bonchev–Trinajstić information content (AvgIpc) is 2.86. The van der Waals surface area contributed by atoms with Gasteiger partial charge in [-0.3, -0.25) is 9.80 Å². The van der Waals surface area contributed by atoms with Crippen LogP contribution in [0.1, 0.15) is 36.8 Å². The number of nitrogens with one attached hydrogen (secondary N) is 1. The maximum absolute atomic E-state index is 3.56. The summed E-state index contributed by atoms with van der Waals surface area (Å²) in [5.41, 5.74) is 4.53. The highest BCUT2D eigenvalue weighted by Crippen LogP contribution is 2.28. The summed E-state index contributed by atoms with van der Waals surface area (Å²) in [6, 6.07) is 7.65. The number of rotatable bonds is 2. The first kappa shape index (κ1) is 13.6. The molecule has 0 amide bonds. The van der Waals surface area contributed by atoms with Crippen molar-refractivity contribution in [1.29, 1.82) is 0 Å². The minimum atomic E-state index is 0.824. The van der Waals surface area contributed by atoms with Crippen molar-refractivity contribution in [2.45, 2.75) is 44.7 Å². The third kappa shape index (κ3) is 2.82. The Morgan fingerprint density at radius 3 is 3.05 bits per heavy atom. The van der Waals surface area contributed by atoms with Gasteiger partial charge in [-0.05, 0) is 68.9 Å². The molecule has 3 heteroatoms. The van der Waals surface area contributed by atoms with Gasteiger partial charge in [-0.15, -0.1) is 0 Å². The van der Waals surface area contributed by atoms with E-state index >= 15 is 0 Å². The summed E-state index contributed by atoms with van der Waals surface area (Å²) < 4.78 is 0. The predicted molar refractivity (Wildman–Crippen MR) is 87.7 cm³/mol. The zero-order valence-corrected chi connectivity index (χ0v) is 13.0. The molecule has 0 aromatic heterocycles. The second-order valence-electron chi connectivity index (χ2n) is 6.89. The Balaban J connectivity index is 1.50. The smallest absolute Gasteiger partial charge is 0.0375 e. The van der Waals surface area contributed by atoms with E-state index in [1.165, 1.54) is 64.0 Å². The zero-order chi connectivity index (χ0) is 14.1. The van der Waals surface area contributed by atoms with E-state index in [9.17, 15) is 0 Å². The van der Waals surface area contributed by atoms with Crippen molar-refractivity contribution in [3.63, 3.8) is 0 Å². The van der Waals surface area contributed by atoms with E-state index in [0.29, 0.717) is 0 Å². The van der Waals surface area contributed by atoms with Crippen molar-refractivity contribution in [3.05, 3.63) is 29.3 Å². The Morgan fingerprint density at radius 1 is 1.10 bits per heavy atom. The summed E-state index contributed by atoms with van der Waals surface area (Å²) in [5, 5.41) is 3.56. The normalized spacial score (nSPS) is 26.8. The van der Waals surface area contributed by atoms with E-state index in [-0.39, 0.29) is 0 Å². The Hall–Kier alpha value is -1.06. The lowest BCUT2D eigenvalue weighted by molar-refractivity contribution is 0.215. The number of fused-ring (bicyclic) bond motifs is 2. The molecule has 0 radical (unpaired) electrons. The lowest BCUT2D eigenvalue weighted by Gasteiger charge is -2.28. The number of benzene rings is 1. The summed E-state index contributed by atoms with van der Waals surface area (Å²) in [4.78, 5) is 5.43. The van der Waals surface area contributed by atoms with Crippen molar-refractivity contribution >= 4 is 5.69 Å². The molecule has 0 aliphatic carbocycles. The predicted octanol–water partition coefficient (Wildman–Crippen LogP) is 2.71. The third-order valence-corrected chi connectivity index (χ3v) is 5.47. The fourth-order valence-electron chi connectivity index (χ4n) is 4.40. The molecule has 3 nitrogen and oxygen atoms in total. The molecule has 4 rings (SSSR count). The van der Waals surface area contributed by atoms with Gasteiger partial charge in [0, 0.05) is 31.4 Å². The van der Waals surface area contributed by atoms with Crippen molar-refractivity contribution in [2.75, 3.05) is 38.0 Å². The van der Waals surface area contributed by atoms with E-state index in [1.54, 1.807) is 11.1 Å². The van der Waals surface area contributed by atoms with E-state index in [4.69, 9.17) is 0 Å². The summed E-state index contributed by atoms with van der Waals surface area (Å²) in [6.07, 6.45) is 6.68. The van der Waals surface area contributed by atoms with Gasteiger partial charge in [0.15, 0.2) is 0 Å². The molecule has 21 heavy (non-hydrogen) atoms. The van der Waals surface area contributed by atoms with Gasteiger partial charge in [-0.25, -0.2) is 0 Å². The average molecular weight is 285 g/mol. The van der Waals surface area contributed by atoms with Crippen LogP contribution in [-0.4, -0.2) is 48.6 Å². The Bertz CT molecular complexity index is 499. The highest BCUT2D eigenvalue weighted by molar-refractivity contribution is 5.56. The zero-order valence-electron chi connectivity index (χ0n) is 13.0. The first-order chi connectivity index (χ1) is 10.4. The molecule has 1 N–H and O–H groups in total. The molecule has 1 unspecified atom stereocenters. The maximum atomic E-state index is 3.56. The molecule has 0 bridgehead atoms. The summed E-state index contributed by atoms with van der Waals surface area (Å²) in [7, 11) is 0. The lowest BCUT2D eigenvalue weighted by atomic mass is 9.97. The minimum Gasteiger partial charge on any atom is -0.385 e. The van der Waals surface area contributed by atoms with E-state index in [1.807, 2.05) is 0 Å². The molecule has 114 valence electrons. The molecule has 3 aliphatic heterocycles. The monoisotopic (exact) mass is 285 g/mol. The third-order valence-electron chi connectivity index (χ3n) is 5.47. The molecule has 3 aliphatic rings. The standard InChI is InChI=1S/C18H27N3/c1-5-15(17-7-2-9-19-18(17)8-1)13-20-10-4-12-21-11-3-6-16(21)14-20/h1,5,8,16,19H,2-4,6-7,9-14H2. The van der Waals surface area contributed by atoms with Crippen molar-refractivity contribution in [3.8, 4) is 0 Å². The molecular weight excluding hydrogens is 258 g/mol. The van der Waals surface area contributed by atoms with Crippen molar-refractivity contribution in [1.82, 2.24) is 9.80 Å². The van der Waals surface area contributed by atoms with Crippen LogP contribution in [0.5, 0.6) is 0 Å². The highest BCUT2D eigenvalue weighted by Gasteiger charge is 2.28. The van der Waals surface area contributed by atoms with Crippen molar-refractivity contribution in [2.24, 2.45) is 0 Å². The quantitative estimate of drug-likeness (QED) is 0.901. The summed E-state index contributed by atoms with van der Waals surface area (Å²) in [5.74, 6) is 0. The first-order valence-electron chi connectivity index (χ1n) is 8.71. The van der Waals surface area contributed by atoms with Gasteiger partial charge in [0.2, 0.25) is 0 Å². The van der Waals surface area contributed by atoms with Gasteiger partial charge in [0.1, 0.15) is 0 Å². The van der Waals surface area contributed by atoms with Gasteiger partial charge < -0.3 is 5.32 Å². The number of anilines is 1. The molecule has 1 aromatic carbocycles. The largest absolute Gasteiger partial charge is 0.385 e. The maximum Gasteiger partial charge on any atom is 0.0375 e. The lowest BCUT2D eigenvalue weighted by Crippen LogP contribution is -2.36. The molecule has 1 aromatic rings. The van der Waals surface area contributed by atoms with Crippen LogP contribution in [0.25, 0.3) is 0 Å². The molecule has 2 fully saturated rings. The van der Waals surface area contributed by atoms with Crippen molar-refractivity contribution < 1.29 is 0 Å². The summed E-state index contributed by atoms with van der Waals surface area (Å²) in [6.45, 7) is 7.48. The fourth-order valence-corrected chi connectivity index (χ4v) is 4.40. The van der Waals surface area contributed by atoms with Crippen LogP contribution in [0.2, 0.25) is 0 Å². The molecule has 1 atom stereocenters. The second-order valence-corrected chi connectivity index (χ2v) is 6.89. The van der Waals surface area contributed by atoms with Crippen LogP contribution in [0, 0.1) is 0 Å². The Labute approximate surface area is 128 Å². The molecular formula is C18H27N3. The van der Waals surface area contributed by atoms with Crippen LogP contribution in [0.15, 0.2) is 18.2 Å². The molecule has 0 saturated carbocycles. The number of hydrogen-bond donors (Lipinski definition) is 1. The van der Waals surface area contributed by atoms with Gasteiger partial charge in [0.25, 0.3) is 0 Å². The fraction of sp³-hybridized carbons (Fsp3) is 0.667. The topological polar surface area (TPSA) is 18.5 Å². The Kier molecular flexibility index (Phi) is 3.87. The van der Waals surface area contributed by atoms with Crippen LogP contribution < -0.4 is 5.32 Å². The SMILES string of the molecule is c1cc(CN2CCCN3CCCC3C2)c2c(c1)NCCC2. The minimum absolute atomic E-state index is 0.824. The number of hydrogen-bond acceptors (Lipinski definition) is 3. The van der Waals surface area contributed by atoms with Crippen LogP contribution in [0.3, 0.4) is 0 Å². The van der Waals surface area contributed by atoms with Crippen LogP contribution in [0.4, 0.5) is 5.69 Å².